The number of benzene rings is 2. The molecule has 0 saturated carbocycles. The monoisotopic (exact) mass is 524 g/mol. The Morgan fingerprint density at radius 3 is 2.27 bits per heavy atom. The first kappa shape index (κ1) is 26.6. The van der Waals surface area contributed by atoms with Gasteiger partial charge in [-0.05, 0) is 80.1 Å². The lowest BCUT2D eigenvalue weighted by Crippen LogP contribution is -2.22. The lowest BCUT2D eigenvalue weighted by atomic mass is 9.93. The van der Waals surface area contributed by atoms with Crippen molar-refractivity contribution in [3.8, 4) is 22.3 Å². The fourth-order valence-electron chi connectivity index (χ4n) is 4.31. The standard InChI is InChI=1S/C29H28ClF3N4/c1-6-26(29(31,32)33)34-20(5)18(3)14-27-35-36-28-15-24(21-8-10-22(30)11-9-21)25(16-37(27)28)23-12-7-17(2)13-19(23)4/h7-13,15-16H,6,14H2,1-5H3/b20-18+,34-26?. The molecule has 0 aliphatic carbocycles. The molecule has 0 aliphatic heterocycles. The number of halogens is 4. The minimum atomic E-state index is -4.45. The first-order valence-electron chi connectivity index (χ1n) is 12.0. The summed E-state index contributed by atoms with van der Waals surface area (Å²) >= 11 is 6.13. The fourth-order valence-corrected chi connectivity index (χ4v) is 4.43. The van der Waals surface area contributed by atoms with Crippen LogP contribution in [-0.4, -0.2) is 26.5 Å². The predicted molar refractivity (Wildman–Crippen MR) is 144 cm³/mol. The quantitative estimate of drug-likeness (QED) is 0.237. The van der Waals surface area contributed by atoms with Crippen molar-refractivity contribution < 1.29 is 13.2 Å². The van der Waals surface area contributed by atoms with Gasteiger partial charge in [-0.15, -0.1) is 10.2 Å². The summed E-state index contributed by atoms with van der Waals surface area (Å²) in [5.74, 6) is 0.626. The second kappa shape index (κ2) is 10.5. The molecule has 192 valence electrons. The Morgan fingerprint density at radius 1 is 0.946 bits per heavy atom. The van der Waals surface area contributed by atoms with Gasteiger partial charge in [0.25, 0.3) is 0 Å². The maximum atomic E-state index is 13.2. The number of rotatable bonds is 6. The Kier molecular flexibility index (Phi) is 7.55. The smallest absolute Gasteiger partial charge is 0.285 e. The van der Waals surface area contributed by atoms with E-state index in [0.717, 1.165) is 27.8 Å². The van der Waals surface area contributed by atoms with E-state index in [2.05, 4.69) is 47.2 Å². The van der Waals surface area contributed by atoms with Gasteiger partial charge in [0.1, 0.15) is 11.5 Å². The molecule has 4 aromatic rings. The molecule has 8 heteroatoms. The molecule has 0 bridgehead atoms. The molecule has 0 spiro atoms. The third-order valence-corrected chi connectivity index (χ3v) is 6.70. The van der Waals surface area contributed by atoms with E-state index in [1.165, 1.54) is 12.5 Å². The number of allylic oxidation sites excluding steroid dienone is 2. The molecule has 0 N–H and O–H groups in total. The molecule has 0 fully saturated rings. The van der Waals surface area contributed by atoms with E-state index in [1.54, 1.807) is 13.8 Å². The van der Waals surface area contributed by atoms with Crippen LogP contribution < -0.4 is 0 Å². The highest BCUT2D eigenvalue weighted by Gasteiger charge is 2.34. The zero-order chi connectivity index (χ0) is 26.9. The molecule has 0 saturated heterocycles. The van der Waals surface area contributed by atoms with Crippen molar-refractivity contribution in [1.82, 2.24) is 14.6 Å². The molecule has 2 heterocycles. The number of alkyl halides is 3. The van der Waals surface area contributed by atoms with Crippen LogP contribution in [0.4, 0.5) is 13.2 Å². The summed E-state index contributed by atoms with van der Waals surface area (Å²) in [5, 5.41) is 9.40. The van der Waals surface area contributed by atoms with Gasteiger partial charge in [-0.25, -0.2) is 0 Å². The molecule has 2 aromatic heterocycles. The zero-order valence-corrected chi connectivity index (χ0v) is 22.2. The molecule has 4 rings (SSSR count). The van der Waals surface area contributed by atoms with Crippen LogP contribution in [0.25, 0.3) is 27.9 Å². The number of pyridine rings is 1. The Hall–Kier alpha value is -3.45. The molecular formula is C29H28ClF3N4. The molecule has 0 amide bonds. The maximum Gasteiger partial charge on any atom is 0.429 e. The van der Waals surface area contributed by atoms with E-state index in [0.29, 0.717) is 34.2 Å². The highest BCUT2D eigenvalue weighted by molar-refractivity contribution is 6.30. The maximum absolute atomic E-state index is 13.2. The summed E-state index contributed by atoms with van der Waals surface area (Å²) in [4.78, 5) is 3.88. The predicted octanol–water partition coefficient (Wildman–Crippen LogP) is 8.58. The molecule has 0 unspecified atom stereocenters. The van der Waals surface area contributed by atoms with Gasteiger partial charge < -0.3 is 0 Å². The van der Waals surface area contributed by atoms with Crippen LogP contribution in [-0.2, 0) is 6.42 Å². The normalized spacial score (nSPS) is 13.3. The molecule has 2 aromatic carbocycles. The van der Waals surface area contributed by atoms with E-state index >= 15 is 0 Å². The van der Waals surface area contributed by atoms with Gasteiger partial charge in [-0.3, -0.25) is 9.39 Å². The Balaban J connectivity index is 1.85. The van der Waals surface area contributed by atoms with Crippen LogP contribution in [0.1, 0.15) is 44.1 Å². The van der Waals surface area contributed by atoms with Gasteiger partial charge in [0, 0.05) is 28.9 Å². The van der Waals surface area contributed by atoms with Crippen molar-refractivity contribution in [3.05, 3.63) is 88.0 Å². The number of aryl methyl sites for hydroxylation is 2. The van der Waals surface area contributed by atoms with Gasteiger partial charge in [0.05, 0.1) is 0 Å². The largest absolute Gasteiger partial charge is 0.429 e. The number of aliphatic imine (C=N–C) groups is 1. The Bertz CT molecular complexity index is 1510. The molecular weight excluding hydrogens is 497 g/mol. The Labute approximate surface area is 219 Å². The lowest BCUT2D eigenvalue weighted by Gasteiger charge is -2.15. The minimum Gasteiger partial charge on any atom is -0.285 e. The third-order valence-electron chi connectivity index (χ3n) is 6.45. The molecule has 0 radical (unpaired) electrons. The molecule has 4 nitrogen and oxygen atoms in total. The van der Waals surface area contributed by atoms with Gasteiger partial charge in [0.15, 0.2) is 5.65 Å². The summed E-state index contributed by atoms with van der Waals surface area (Å²) in [6, 6.07) is 15.9. The van der Waals surface area contributed by atoms with Crippen molar-refractivity contribution in [2.45, 2.75) is 53.6 Å². The number of hydrogen-bond acceptors (Lipinski definition) is 3. The fraction of sp³-hybridized carbons (Fsp3) is 0.276. The van der Waals surface area contributed by atoms with E-state index in [4.69, 9.17) is 11.6 Å². The van der Waals surface area contributed by atoms with Gasteiger partial charge >= 0.3 is 6.18 Å². The summed E-state index contributed by atoms with van der Waals surface area (Å²) in [6.45, 7) is 8.95. The van der Waals surface area contributed by atoms with Crippen LogP contribution in [0, 0.1) is 13.8 Å². The summed E-state index contributed by atoms with van der Waals surface area (Å²) in [7, 11) is 0. The van der Waals surface area contributed by atoms with Crippen LogP contribution in [0.2, 0.25) is 5.02 Å². The van der Waals surface area contributed by atoms with Crippen molar-refractivity contribution >= 4 is 23.0 Å². The van der Waals surface area contributed by atoms with Crippen LogP contribution >= 0.6 is 11.6 Å². The van der Waals surface area contributed by atoms with Crippen molar-refractivity contribution in [2.24, 2.45) is 4.99 Å². The van der Waals surface area contributed by atoms with Crippen LogP contribution in [0.15, 0.2) is 71.0 Å². The highest BCUT2D eigenvalue weighted by Crippen LogP contribution is 2.36. The van der Waals surface area contributed by atoms with E-state index < -0.39 is 11.9 Å². The molecule has 37 heavy (non-hydrogen) atoms. The highest BCUT2D eigenvalue weighted by atomic mass is 35.5. The summed E-state index contributed by atoms with van der Waals surface area (Å²) in [5.41, 5.74) is 7.22. The number of nitrogens with zero attached hydrogens (tertiary/aromatic N) is 4. The van der Waals surface area contributed by atoms with E-state index in [9.17, 15) is 13.2 Å². The van der Waals surface area contributed by atoms with Crippen LogP contribution in [0.5, 0.6) is 0 Å². The van der Waals surface area contributed by atoms with Crippen molar-refractivity contribution in [1.29, 1.82) is 0 Å². The van der Waals surface area contributed by atoms with E-state index in [-0.39, 0.29) is 6.42 Å². The summed E-state index contributed by atoms with van der Waals surface area (Å²) in [6.07, 6.45) is -2.31. The van der Waals surface area contributed by atoms with Gasteiger partial charge in [0.2, 0.25) is 0 Å². The second-order valence-corrected chi connectivity index (χ2v) is 9.66. The number of aromatic nitrogens is 3. The van der Waals surface area contributed by atoms with Crippen LogP contribution in [0.3, 0.4) is 0 Å². The second-order valence-electron chi connectivity index (χ2n) is 9.22. The minimum absolute atomic E-state index is 0.186. The first-order chi connectivity index (χ1) is 17.5. The summed E-state index contributed by atoms with van der Waals surface area (Å²) < 4.78 is 41.5. The first-order valence-corrected chi connectivity index (χ1v) is 12.4. The van der Waals surface area contributed by atoms with Gasteiger partial charge in [-0.1, -0.05) is 54.4 Å². The average Bonchev–Trinajstić information content (AvgIpc) is 3.23. The van der Waals surface area contributed by atoms with Crippen molar-refractivity contribution in [3.63, 3.8) is 0 Å². The average molecular weight is 525 g/mol. The SMILES string of the molecule is CCC(=N/C(C)=C(\C)Cc1nnc2cc(-c3ccc(Cl)cc3)c(-c3ccc(C)cc3C)cn12)C(F)(F)F. The van der Waals surface area contributed by atoms with Gasteiger partial charge in [-0.2, -0.15) is 13.2 Å². The zero-order valence-electron chi connectivity index (χ0n) is 21.4. The topological polar surface area (TPSA) is 42.5 Å². The molecule has 0 aliphatic rings. The number of fused-ring (bicyclic) bond motifs is 1. The lowest BCUT2D eigenvalue weighted by molar-refractivity contribution is -0.0603. The Morgan fingerprint density at radius 2 is 1.65 bits per heavy atom. The third kappa shape index (κ3) is 5.77. The molecule has 0 atom stereocenters. The van der Waals surface area contributed by atoms with E-state index in [1.807, 2.05) is 40.9 Å². The van der Waals surface area contributed by atoms with Crippen molar-refractivity contribution in [2.75, 3.05) is 0 Å². The number of hydrogen-bond donors (Lipinski definition) is 0.